The van der Waals surface area contributed by atoms with Crippen molar-refractivity contribution in [1.29, 1.82) is 5.26 Å². The molecular weight excluding hydrogens is 228 g/mol. The summed E-state index contributed by atoms with van der Waals surface area (Å²) >= 11 is 1.79. The third-order valence-electron chi connectivity index (χ3n) is 3.76. The van der Waals surface area contributed by atoms with Gasteiger partial charge in [-0.05, 0) is 49.5 Å². The highest BCUT2D eigenvalue weighted by Crippen LogP contribution is 2.31. The van der Waals surface area contributed by atoms with Crippen molar-refractivity contribution in [2.24, 2.45) is 5.92 Å². The van der Waals surface area contributed by atoms with E-state index in [4.69, 9.17) is 0 Å². The summed E-state index contributed by atoms with van der Waals surface area (Å²) in [4.78, 5) is 1.40. The predicted molar refractivity (Wildman–Crippen MR) is 72.0 cm³/mol. The second kappa shape index (κ2) is 5.66. The smallest absolute Gasteiger partial charge is 0.106 e. The fraction of sp³-hybridized carbons (Fsp3) is 0.643. The van der Waals surface area contributed by atoms with E-state index in [0.717, 1.165) is 31.7 Å². The van der Waals surface area contributed by atoms with Crippen LogP contribution in [0.4, 0.5) is 0 Å². The quantitative estimate of drug-likeness (QED) is 0.887. The van der Waals surface area contributed by atoms with Gasteiger partial charge in [0.15, 0.2) is 0 Å². The van der Waals surface area contributed by atoms with Crippen LogP contribution < -0.4 is 5.32 Å². The summed E-state index contributed by atoms with van der Waals surface area (Å²) in [7, 11) is 0. The number of hydrogen-bond acceptors (Lipinski definition) is 3. The van der Waals surface area contributed by atoms with E-state index in [1.54, 1.807) is 11.3 Å². The van der Waals surface area contributed by atoms with Crippen molar-refractivity contribution in [2.45, 2.75) is 44.6 Å². The van der Waals surface area contributed by atoms with Crippen molar-refractivity contribution in [1.82, 2.24) is 5.32 Å². The van der Waals surface area contributed by atoms with Gasteiger partial charge < -0.3 is 0 Å². The molecule has 3 heteroatoms. The van der Waals surface area contributed by atoms with Crippen LogP contribution in [-0.2, 0) is 6.42 Å². The van der Waals surface area contributed by atoms with Crippen LogP contribution in [0.1, 0.15) is 37.5 Å². The van der Waals surface area contributed by atoms with Gasteiger partial charge in [-0.3, -0.25) is 5.32 Å². The van der Waals surface area contributed by atoms with Gasteiger partial charge in [0.2, 0.25) is 0 Å². The molecule has 1 aliphatic rings. The third kappa shape index (κ3) is 3.31. The van der Waals surface area contributed by atoms with E-state index >= 15 is 0 Å². The molecule has 0 unspecified atom stereocenters. The molecule has 0 spiro atoms. The average molecular weight is 248 g/mol. The summed E-state index contributed by atoms with van der Waals surface area (Å²) in [6, 6.07) is 6.76. The van der Waals surface area contributed by atoms with Gasteiger partial charge >= 0.3 is 0 Å². The molecule has 0 saturated heterocycles. The van der Waals surface area contributed by atoms with E-state index in [2.05, 4.69) is 35.8 Å². The van der Waals surface area contributed by atoms with Crippen LogP contribution in [-0.4, -0.2) is 12.1 Å². The standard InChI is InChI=1S/C14H20N2S/c1-12-4-7-14(11-15,8-5-12)16-9-6-13-3-2-10-17-13/h2-3,10,12,16H,4-9H2,1H3. The van der Waals surface area contributed by atoms with Gasteiger partial charge in [0.1, 0.15) is 5.54 Å². The Kier molecular flexibility index (Phi) is 4.20. The average Bonchev–Trinajstić information content (AvgIpc) is 2.85. The lowest BCUT2D eigenvalue weighted by molar-refractivity contribution is 0.251. The molecule has 2 rings (SSSR count). The molecule has 1 heterocycles. The van der Waals surface area contributed by atoms with Crippen LogP contribution in [0.5, 0.6) is 0 Å². The van der Waals surface area contributed by atoms with Crippen molar-refractivity contribution >= 4 is 11.3 Å². The van der Waals surface area contributed by atoms with Crippen molar-refractivity contribution in [3.05, 3.63) is 22.4 Å². The Morgan fingerprint density at radius 2 is 2.29 bits per heavy atom. The molecule has 2 nitrogen and oxygen atoms in total. The van der Waals surface area contributed by atoms with Crippen LogP contribution in [0.3, 0.4) is 0 Å². The molecule has 0 bridgehead atoms. The number of nitrogens with zero attached hydrogens (tertiary/aromatic N) is 1. The first-order chi connectivity index (χ1) is 8.24. The molecule has 1 aromatic heterocycles. The normalized spacial score (nSPS) is 28.8. The second-order valence-electron chi connectivity index (χ2n) is 5.13. The molecule has 17 heavy (non-hydrogen) atoms. The van der Waals surface area contributed by atoms with Crippen molar-refractivity contribution < 1.29 is 0 Å². The first-order valence-electron chi connectivity index (χ1n) is 6.43. The van der Waals surface area contributed by atoms with Crippen molar-refractivity contribution in [3.8, 4) is 6.07 Å². The highest BCUT2D eigenvalue weighted by atomic mass is 32.1. The lowest BCUT2D eigenvalue weighted by Gasteiger charge is -2.34. The van der Waals surface area contributed by atoms with Gasteiger partial charge in [0.05, 0.1) is 6.07 Å². The van der Waals surface area contributed by atoms with E-state index in [1.165, 1.54) is 17.7 Å². The molecule has 1 N–H and O–H groups in total. The number of nitrogens with one attached hydrogen (secondary N) is 1. The number of nitriles is 1. The van der Waals surface area contributed by atoms with Crippen molar-refractivity contribution in [3.63, 3.8) is 0 Å². The van der Waals surface area contributed by atoms with E-state index < -0.39 is 0 Å². The summed E-state index contributed by atoms with van der Waals surface area (Å²) in [5, 5.41) is 15.0. The Morgan fingerprint density at radius 1 is 1.53 bits per heavy atom. The molecule has 0 atom stereocenters. The molecule has 0 radical (unpaired) electrons. The van der Waals surface area contributed by atoms with Gasteiger partial charge in [-0.25, -0.2) is 0 Å². The Balaban J connectivity index is 1.82. The monoisotopic (exact) mass is 248 g/mol. The minimum Gasteiger partial charge on any atom is -0.299 e. The summed E-state index contributed by atoms with van der Waals surface area (Å²) in [6.07, 6.45) is 5.42. The molecule has 92 valence electrons. The molecule has 1 saturated carbocycles. The zero-order valence-corrected chi connectivity index (χ0v) is 11.2. The topological polar surface area (TPSA) is 35.8 Å². The van der Waals surface area contributed by atoms with Gasteiger partial charge in [-0.1, -0.05) is 13.0 Å². The maximum absolute atomic E-state index is 9.38. The molecule has 0 aliphatic heterocycles. The van der Waals surface area contributed by atoms with Crippen LogP contribution in [0, 0.1) is 17.2 Å². The largest absolute Gasteiger partial charge is 0.299 e. The van der Waals surface area contributed by atoms with E-state index in [9.17, 15) is 5.26 Å². The fourth-order valence-corrected chi connectivity index (χ4v) is 3.17. The molecular formula is C14H20N2S. The van der Waals surface area contributed by atoms with Crippen LogP contribution in [0.15, 0.2) is 17.5 Å². The van der Waals surface area contributed by atoms with Crippen LogP contribution >= 0.6 is 11.3 Å². The number of hydrogen-bond donors (Lipinski definition) is 1. The van der Waals surface area contributed by atoms with Gasteiger partial charge in [-0.15, -0.1) is 11.3 Å². The number of thiophene rings is 1. The molecule has 1 aromatic rings. The zero-order valence-electron chi connectivity index (χ0n) is 10.4. The molecule has 0 aromatic carbocycles. The molecule has 1 fully saturated rings. The summed E-state index contributed by atoms with van der Waals surface area (Å²) < 4.78 is 0. The Hall–Kier alpha value is -0.850. The minimum absolute atomic E-state index is 0.246. The SMILES string of the molecule is CC1CCC(C#N)(NCCc2cccs2)CC1. The van der Waals surface area contributed by atoms with Crippen LogP contribution in [0.25, 0.3) is 0 Å². The maximum atomic E-state index is 9.38. The molecule has 0 amide bonds. The van der Waals surface area contributed by atoms with E-state index in [1.807, 2.05) is 0 Å². The predicted octanol–water partition coefficient (Wildman–Crippen LogP) is 3.35. The van der Waals surface area contributed by atoms with E-state index in [-0.39, 0.29) is 5.54 Å². The first kappa shape index (κ1) is 12.6. The Morgan fingerprint density at radius 3 is 2.88 bits per heavy atom. The highest BCUT2D eigenvalue weighted by molar-refractivity contribution is 7.09. The minimum atomic E-state index is -0.246. The van der Waals surface area contributed by atoms with Gasteiger partial charge in [0, 0.05) is 11.4 Å². The molecule has 1 aliphatic carbocycles. The summed E-state index contributed by atoms with van der Waals surface area (Å²) in [5.74, 6) is 0.788. The van der Waals surface area contributed by atoms with Crippen LogP contribution in [0.2, 0.25) is 0 Å². The fourth-order valence-electron chi connectivity index (χ4n) is 2.46. The first-order valence-corrected chi connectivity index (χ1v) is 7.31. The number of rotatable bonds is 4. The Bertz CT molecular complexity index is 369. The second-order valence-corrected chi connectivity index (χ2v) is 6.16. The summed E-state index contributed by atoms with van der Waals surface area (Å²) in [5.41, 5.74) is -0.246. The lowest BCUT2D eigenvalue weighted by Crippen LogP contribution is -2.47. The highest BCUT2D eigenvalue weighted by Gasteiger charge is 2.33. The van der Waals surface area contributed by atoms with Gasteiger partial charge in [-0.2, -0.15) is 5.26 Å². The lowest BCUT2D eigenvalue weighted by atomic mass is 9.78. The summed E-state index contributed by atoms with van der Waals surface area (Å²) in [6.45, 7) is 3.20. The van der Waals surface area contributed by atoms with Gasteiger partial charge in [0.25, 0.3) is 0 Å². The van der Waals surface area contributed by atoms with E-state index in [0.29, 0.717) is 0 Å². The zero-order chi connectivity index (χ0) is 12.1. The maximum Gasteiger partial charge on any atom is 0.106 e. The van der Waals surface area contributed by atoms with Crippen molar-refractivity contribution in [2.75, 3.05) is 6.54 Å². The third-order valence-corrected chi connectivity index (χ3v) is 4.69. The Labute approximate surface area is 108 Å².